The van der Waals surface area contributed by atoms with E-state index in [2.05, 4.69) is 10.5 Å². The fourth-order valence-corrected chi connectivity index (χ4v) is 5.97. The predicted octanol–water partition coefficient (Wildman–Crippen LogP) is 4.89. The van der Waals surface area contributed by atoms with E-state index >= 15 is 0 Å². The van der Waals surface area contributed by atoms with Crippen molar-refractivity contribution in [1.82, 2.24) is 9.46 Å². The predicted molar refractivity (Wildman–Crippen MR) is 133 cm³/mol. The molecule has 1 atom stereocenters. The van der Waals surface area contributed by atoms with Gasteiger partial charge in [-0.25, -0.2) is 12.8 Å². The average molecular weight is 498 g/mol. The number of aromatic nitrogens is 1. The number of benzene rings is 2. The van der Waals surface area contributed by atoms with Crippen molar-refractivity contribution in [2.45, 2.75) is 38.0 Å². The van der Waals surface area contributed by atoms with E-state index < -0.39 is 21.8 Å². The number of rotatable bonds is 7. The van der Waals surface area contributed by atoms with E-state index in [1.54, 1.807) is 25.1 Å². The number of aryl methyl sites for hydroxylation is 2. The number of anilines is 1. The van der Waals surface area contributed by atoms with Crippen molar-refractivity contribution in [3.05, 3.63) is 76.9 Å². The minimum atomic E-state index is -3.99. The molecule has 1 aromatic heterocycles. The van der Waals surface area contributed by atoms with Crippen molar-refractivity contribution >= 4 is 33.8 Å². The van der Waals surface area contributed by atoms with Gasteiger partial charge in [-0.2, -0.15) is 4.31 Å². The Morgan fingerprint density at radius 3 is 2.80 bits per heavy atom. The normalized spacial score (nSPS) is 17.1. The largest absolute Gasteiger partial charge is 0.355 e. The number of sulfonamides is 1. The number of nitrogens with one attached hydrogen (secondary N) is 1. The lowest BCUT2D eigenvalue weighted by atomic mass is 9.98. The van der Waals surface area contributed by atoms with Crippen molar-refractivity contribution < 1.29 is 22.1 Å². The molecule has 0 spiro atoms. The Bertz CT molecular complexity index is 1350. The molecule has 184 valence electrons. The summed E-state index contributed by atoms with van der Waals surface area (Å²) in [7, 11) is -3.99. The van der Waals surface area contributed by atoms with Gasteiger partial charge < -0.3 is 9.84 Å². The SMILES string of the molecule is CCc1cccc(NC(=O)C2CCCN(S(=O)(=O)c3c(C)noc3C=Cc3ccccc3F)C2)c1. The number of amides is 1. The van der Waals surface area contributed by atoms with Gasteiger partial charge in [-0.3, -0.25) is 4.79 Å². The molecular formula is C26H28FN3O4S. The summed E-state index contributed by atoms with van der Waals surface area (Å²) in [6.07, 6.45) is 4.85. The summed E-state index contributed by atoms with van der Waals surface area (Å²) < 4.78 is 47.7. The van der Waals surface area contributed by atoms with Crippen LogP contribution in [0.2, 0.25) is 0 Å². The minimum absolute atomic E-state index is 0.0220. The molecule has 3 aromatic rings. The Morgan fingerprint density at radius 2 is 2.03 bits per heavy atom. The third-order valence-electron chi connectivity index (χ3n) is 6.11. The summed E-state index contributed by atoms with van der Waals surface area (Å²) in [5.74, 6) is -1.10. The fourth-order valence-electron chi connectivity index (χ4n) is 4.19. The molecule has 0 radical (unpaired) electrons. The van der Waals surface area contributed by atoms with Crippen molar-refractivity contribution in [2.75, 3.05) is 18.4 Å². The Balaban J connectivity index is 1.53. The van der Waals surface area contributed by atoms with Gasteiger partial charge in [-0.1, -0.05) is 42.4 Å². The highest BCUT2D eigenvalue weighted by Crippen LogP contribution is 2.30. The maximum absolute atomic E-state index is 14.0. The third-order valence-corrected chi connectivity index (χ3v) is 8.13. The lowest BCUT2D eigenvalue weighted by molar-refractivity contribution is -0.120. The van der Waals surface area contributed by atoms with Crippen molar-refractivity contribution in [3.63, 3.8) is 0 Å². The molecule has 1 aliphatic heterocycles. The zero-order valence-electron chi connectivity index (χ0n) is 19.7. The number of piperidine rings is 1. The van der Waals surface area contributed by atoms with Crippen molar-refractivity contribution in [2.24, 2.45) is 5.92 Å². The summed E-state index contributed by atoms with van der Waals surface area (Å²) in [6.45, 7) is 3.93. The number of nitrogens with zero attached hydrogens (tertiary/aromatic N) is 2. The van der Waals surface area contributed by atoms with Gasteiger partial charge in [0, 0.05) is 24.3 Å². The summed E-state index contributed by atoms with van der Waals surface area (Å²) in [5, 5.41) is 6.76. The van der Waals surface area contributed by atoms with E-state index in [-0.39, 0.29) is 28.8 Å². The second-order valence-corrected chi connectivity index (χ2v) is 10.4. The van der Waals surface area contributed by atoms with Crippen LogP contribution in [0, 0.1) is 18.7 Å². The van der Waals surface area contributed by atoms with Crippen LogP contribution >= 0.6 is 0 Å². The highest BCUT2D eigenvalue weighted by atomic mass is 32.2. The second kappa shape index (κ2) is 10.5. The summed E-state index contributed by atoms with van der Waals surface area (Å²) >= 11 is 0. The van der Waals surface area contributed by atoms with E-state index in [1.807, 2.05) is 31.2 Å². The summed E-state index contributed by atoms with van der Waals surface area (Å²) in [4.78, 5) is 12.9. The Hall–Kier alpha value is -3.30. The molecule has 1 aliphatic rings. The second-order valence-electron chi connectivity index (χ2n) is 8.56. The molecular weight excluding hydrogens is 469 g/mol. The Kier molecular flexibility index (Phi) is 7.47. The van der Waals surface area contributed by atoms with Gasteiger partial charge in [0.15, 0.2) is 10.7 Å². The van der Waals surface area contributed by atoms with E-state index in [0.29, 0.717) is 30.6 Å². The lowest BCUT2D eigenvalue weighted by Gasteiger charge is -2.31. The minimum Gasteiger partial charge on any atom is -0.355 e. The van der Waals surface area contributed by atoms with Crippen LogP contribution in [0.5, 0.6) is 0 Å². The van der Waals surface area contributed by atoms with Gasteiger partial charge >= 0.3 is 0 Å². The highest BCUT2D eigenvalue weighted by molar-refractivity contribution is 7.89. The number of carbonyl (C=O) groups excluding carboxylic acids is 1. The van der Waals surface area contributed by atoms with Gasteiger partial charge in [0.25, 0.3) is 0 Å². The number of halogens is 1. The van der Waals surface area contributed by atoms with Crippen molar-refractivity contribution in [3.8, 4) is 0 Å². The number of hydrogen-bond acceptors (Lipinski definition) is 5. The topological polar surface area (TPSA) is 92.5 Å². The maximum Gasteiger partial charge on any atom is 0.248 e. The van der Waals surface area contributed by atoms with E-state index in [4.69, 9.17) is 4.52 Å². The quantitative estimate of drug-likeness (QED) is 0.502. The monoisotopic (exact) mass is 497 g/mol. The smallest absolute Gasteiger partial charge is 0.248 e. The molecule has 0 saturated carbocycles. The molecule has 1 amide bonds. The lowest BCUT2D eigenvalue weighted by Crippen LogP contribution is -2.43. The van der Waals surface area contributed by atoms with E-state index in [9.17, 15) is 17.6 Å². The van der Waals surface area contributed by atoms with Crippen LogP contribution in [0.15, 0.2) is 57.9 Å². The summed E-state index contributed by atoms with van der Waals surface area (Å²) in [6, 6.07) is 13.8. The molecule has 0 aliphatic carbocycles. The van der Waals surface area contributed by atoms with Crippen LogP contribution in [-0.4, -0.2) is 36.9 Å². The molecule has 2 aromatic carbocycles. The molecule has 0 bridgehead atoms. The van der Waals surface area contributed by atoms with Gasteiger partial charge in [-0.05, 0) is 62.1 Å². The zero-order chi connectivity index (χ0) is 25.0. The molecule has 1 saturated heterocycles. The molecule has 7 nitrogen and oxygen atoms in total. The van der Waals surface area contributed by atoms with Crippen molar-refractivity contribution in [1.29, 1.82) is 0 Å². The van der Waals surface area contributed by atoms with Crippen LogP contribution in [0.3, 0.4) is 0 Å². The molecule has 4 rings (SSSR count). The first kappa shape index (κ1) is 24.8. The maximum atomic E-state index is 14.0. The molecule has 9 heteroatoms. The average Bonchev–Trinajstić information content (AvgIpc) is 3.24. The molecule has 1 unspecified atom stereocenters. The van der Waals surface area contributed by atoms with Gasteiger partial charge in [0.1, 0.15) is 11.5 Å². The van der Waals surface area contributed by atoms with E-state index in [1.165, 1.54) is 22.5 Å². The molecule has 1 fully saturated rings. The van der Waals surface area contributed by atoms with Gasteiger partial charge in [0.2, 0.25) is 15.9 Å². The first-order chi connectivity index (χ1) is 16.8. The summed E-state index contributed by atoms with van der Waals surface area (Å²) in [5.41, 5.74) is 2.31. The molecule has 2 heterocycles. The fraction of sp³-hybridized carbons (Fsp3) is 0.308. The Labute approximate surface area is 204 Å². The number of hydrogen-bond donors (Lipinski definition) is 1. The van der Waals surface area contributed by atoms with Crippen LogP contribution < -0.4 is 5.32 Å². The zero-order valence-corrected chi connectivity index (χ0v) is 20.5. The van der Waals surface area contributed by atoms with Crippen LogP contribution in [0.1, 0.15) is 42.3 Å². The standard InChI is InChI=1S/C26H28FN3O4S/c1-3-19-8-6-11-22(16-19)28-26(31)21-10-7-15-30(17-21)35(32,33)25-18(2)29-34-24(25)14-13-20-9-4-5-12-23(20)27/h4-6,8-9,11-14,16,21H,3,7,10,15,17H2,1-2H3,(H,28,31). The van der Waals surface area contributed by atoms with Crippen LogP contribution in [-0.2, 0) is 21.2 Å². The van der Waals surface area contributed by atoms with Gasteiger partial charge in [-0.15, -0.1) is 0 Å². The highest BCUT2D eigenvalue weighted by Gasteiger charge is 2.37. The first-order valence-electron chi connectivity index (χ1n) is 11.6. The Morgan fingerprint density at radius 1 is 1.23 bits per heavy atom. The van der Waals surface area contributed by atoms with E-state index in [0.717, 1.165) is 12.0 Å². The number of carbonyl (C=O) groups is 1. The third kappa shape index (κ3) is 5.52. The first-order valence-corrected chi connectivity index (χ1v) is 13.0. The van der Waals surface area contributed by atoms with Crippen LogP contribution in [0.4, 0.5) is 10.1 Å². The van der Waals surface area contributed by atoms with Gasteiger partial charge in [0.05, 0.1) is 5.92 Å². The molecule has 35 heavy (non-hydrogen) atoms. The van der Waals surface area contributed by atoms with Crippen LogP contribution in [0.25, 0.3) is 12.2 Å². The molecule has 1 N–H and O–H groups in total.